The van der Waals surface area contributed by atoms with Gasteiger partial charge in [-0.25, -0.2) is 4.98 Å². The number of nitrogens with one attached hydrogen (secondary N) is 1. The predicted octanol–water partition coefficient (Wildman–Crippen LogP) is 5.10. The Hall–Kier alpha value is -2.11. The summed E-state index contributed by atoms with van der Waals surface area (Å²) in [4.78, 5) is 4.26. The molecule has 2 aromatic carbocycles. The molecule has 1 aromatic heterocycles. The van der Waals surface area contributed by atoms with Crippen LogP contribution in [0.2, 0.25) is 5.02 Å². The number of nitrogens with zero attached hydrogens (tertiary/aromatic N) is 2. The number of rotatable bonds is 6. The van der Waals surface area contributed by atoms with Crippen molar-refractivity contribution < 1.29 is 4.74 Å². The van der Waals surface area contributed by atoms with Gasteiger partial charge in [0.2, 0.25) is 0 Å². The van der Waals surface area contributed by atoms with E-state index in [1.807, 2.05) is 60.2 Å². The van der Waals surface area contributed by atoms with Gasteiger partial charge >= 0.3 is 0 Å². The maximum absolute atomic E-state index is 5.90. The van der Waals surface area contributed by atoms with Crippen LogP contribution in [0.25, 0.3) is 5.69 Å². The maximum Gasteiger partial charge on any atom is 0.144 e. The molecule has 3 aromatic rings. The Balaban J connectivity index is 1.67. The smallest absolute Gasteiger partial charge is 0.144 e. The predicted molar refractivity (Wildman–Crippen MR) is 101 cm³/mol. The van der Waals surface area contributed by atoms with Crippen molar-refractivity contribution in [2.45, 2.75) is 12.7 Å². The van der Waals surface area contributed by atoms with Crippen molar-refractivity contribution in [3.05, 3.63) is 71.3 Å². The summed E-state index contributed by atoms with van der Waals surface area (Å²) in [6.45, 7) is 1.96. The number of hydrogen-bond donors (Lipinski definition) is 1. The average molecular weight is 360 g/mol. The van der Waals surface area contributed by atoms with E-state index in [1.165, 1.54) is 5.56 Å². The summed E-state index contributed by atoms with van der Waals surface area (Å²) in [6, 6.07) is 13.9. The first-order valence-corrected chi connectivity index (χ1v) is 8.83. The van der Waals surface area contributed by atoms with E-state index < -0.39 is 0 Å². The van der Waals surface area contributed by atoms with Gasteiger partial charge in [0.25, 0.3) is 0 Å². The standard InChI is InChI=1S/C18H18ClN3OS/c1-13-10-22(12-20-13)17-8-7-16(9-18(17)23-2)21-24-11-14-3-5-15(19)6-4-14/h3-10,12,21H,11H2,1-2H3. The van der Waals surface area contributed by atoms with Crippen molar-refractivity contribution in [3.8, 4) is 11.4 Å². The molecule has 0 atom stereocenters. The van der Waals surface area contributed by atoms with Gasteiger partial charge in [-0.2, -0.15) is 0 Å². The van der Waals surface area contributed by atoms with E-state index in [1.54, 1.807) is 25.4 Å². The molecule has 0 spiro atoms. The van der Waals surface area contributed by atoms with E-state index >= 15 is 0 Å². The highest BCUT2D eigenvalue weighted by Gasteiger charge is 2.07. The summed E-state index contributed by atoms with van der Waals surface area (Å²) < 4.78 is 10.8. The fraction of sp³-hybridized carbons (Fsp3) is 0.167. The molecule has 0 bridgehead atoms. The Morgan fingerprint density at radius 3 is 2.67 bits per heavy atom. The second-order valence-corrected chi connectivity index (χ2v) is 6.54. The first-order valence-electron chi connectivity index (χ1n) is 7.47. The highest BCUT2D eigenvalue weighted by molar-refractivity contribution is 7.99. The van der Waals surface area contributed by atoms with E-state index in [4.69, 9.17) is 16.3 Å². The number of aryl methyl sites for hydroxylation is 1. The third-order valence-corrected chi connectivity index (χ3v) is 4.62. The van der Waals surface area contributed by atoms with Crippen LogP contribution in [0.1, 0.15) is 11.3 Å². The van der Waals surface area contributed by atoms with Crippen molar-refractivity contribution in [2.75, 3.05) is 11.8 Å². The SMILES string of the molecule is COc1cc(NSCc2ccc(Cl)cc2)ccc1-n1cnc(C)c1. The number of hydrogen-bond acceptors (Lipinski definition) is 4. The Bertz CT molecular complexity index is 817. The van der Waals surface area contributed by atoms with Crippen LogP contribution in [0.15, 0.2) is 55.0 Å². The van der Waals surface area contributed by atoms with Crippen LogP contribution in [0.4, 0.5) is 5.69 Å². The molecule has 0 amide bonds. The monoisotopic (exact) mass is 359 g/mol. The topological polar surface area (TPSA) is 39.1 Å². The van der Waals surface area contributed by atoms with Crippen molar-refractivity contribution in [2.24, 2.45) is 0 Å². The molecule has 24 heavy (non-hydrogen) atoms. The van der Waals surface area contributed by atoms with Crippen LogP contribution in [0, 0.1) is 6.92 Å². The summed E-state index contributed by atoms with van der Waals surface area (Å²) in [5.41, 5.74) is 4.14. The molecular weight excluding hydrogens is 342 g/mol. The molecule has 4 nitrogen and oxygen atoms in total. The second kappa shape index (κ2) is 7.64. The number of halogens is 1. The Morgan fingerprint density at radius 2 is 2.00 bits per heavy atom. The molecule has 1 N–H and O–H groups in total. The minimum atomic E-state index is 0.756. The lowest BCUT2D eigenvalue weighted by Crippen LogP contribution is -1.97. The number of benzene rings is 2. The molecule has 0 saturated carbocycles. The molecule has 6 heteroatoms. The summed E-state index contributed by atoms with van der Waals surface area (Å²) in [5, 5.41) is 0.756. The van der Waals surface area contributed by atoms with Gasteiger partial charge in [0.15, 0.2) is 0 Å². The maximum atomic E-state index is 5.90. The number of aromatic nitrogens is 2. The van der Waals surface area contributed by atoms with Gasteiger partial charge in [0.05, 0.1) is 24.8 Å². The van der Waals surface area contributed by atoms with Gasteiger partial charge in [0.1, 0.15) is 5.75 Å². The Labute approximate surface area is 151 Å². The van der Waals surface area contributed by atoms with E-state index in [0.29, 0.717) is 0 Å². The Kier molecular flexibility index (Phi) is 5.33. The zero-order valence-corrected chi connectivity index (χ0v) is 15.1. The van der Waals surface area contributed by atoms with Crippen LogP contribution in [-0.2, 0) is 5.75 Å². The fourth-order valence-corrected chi connectivity index (χ4v) is 3.14. The number of imidazole rings is 1. The second-order valence-electron chi connectivity index (χ2n) is 5.33. The average Bonchev–Trinajstić information content (AvgIpc) is 3.03. The molecule has 3 rings (SSSR count). The van der Waals surface area contributed by atoms with Crippen LogP contribution in [0.5, 0.6) is 5.75 Å². The van der Waals surface area contributed by atoms with E-state index in [0.717, 1.165) is 33.6 Å². The molecule has 0 aliphatic carbocycles. The first-order chi connectivity index (χ1) is 11.7. The number of ether oxygens (including phenoxy) is 1. The fourth-order valence-electron chi connectivity index (χ4n) is 2.29. The third-order valence-electron chi connectivity index (χ3n) is 3.51. The first kappa shape index (κ1) is 16.7. The number of anilines is 1. The minimum absolute atomic E-state index is 0.756. The van der Waals surface area contributed by atoms with Crippen molar-refractivity contribution >= 4 is 29.2 Å². The van der Waals surface area contributed by atoms with Crippen LogP contribution in [0.3, 0.4) is 0 Å². The molecular formula is C18H18ClN3OS. The molecule has 0 aliphatic rings. The largest absolute Gasteiger partial charge is 0.494 e. The van der Waals surface area contributed by atoms with Gasteiger partial charge in [-0.15, -0.1) is 0 Å². The summed E-state index contributed by atoms with van der Waals surface area (Å²) in [6.07, 6.45) is 3.76. The van der Waals surface area contributed by atoms with Crippen molar-refractivity contribution in [3.63, 3.8) is 0 Å². The molecule has 0 fully saturated rings. The number of methoxy groups -OCH3 is 1. The lowest BCUT2D eigenvalue weighted by Gasteiger charge is -2.12. The van der Waals surface area contributed by atoms with Gasteiger partial charge in [-0.3, -0.25) is 0 Å². The highest BCUT2D eigenvalue weighted by Crippen LogP contribution is 2.28. The van der Waals surface area contributed by atoms with Gasteiger partial charge in [0, 0.05) is 28.7 Å². The van der Waals surface area contributed by atoms with E-state index in [9.17, 15) is 0 Å². The molecule has 1 heterocycles. The van der Waals surface area contributed by atoms with Gasteiger partial charge < -0.3 is 14.0 Å². The van der Waals surface area contributed by atoms with E-state index in [-0.39, 0.29) is 0 Å². The molecule has 0 unspecified atom stereocenters. The lowest BCUT2D eigenvalue weighted by atomic mass is 10.2. The van der Waals surface area contributed by atoms with E-state index in [2.05, 4.69) is 9.71 Å². The lowest BCUT2D eigenvalue weighted by molar-refractivity contribution is 0.413. The minimum Gasteiger partial charge on any atom is -0.494 e. The summed E-state index contributed by atoms with van der Waals surface area (Å²) in [5.74, 6) is 1.64. The quantitative estimate of drug-likeness (QED) is 0.621. The van der Waals surface area contributed by atoms with Crippen LogP contribution >= 0.6 is 23.5 Å². The molecule has 0 radical (unpaired) electrons. The molecule has 0 saturated heterocycles. The zero-order valence-electron chi connectivity index (χ0n) is 13.5. The van der Waals surface area contributed by atoms with Crippen molar-refractivity contribution in [1.29, 1.82) is 0 Å². The third kappa shape index (κ3) is 4.04. The van der Waals surface area contributed by atoms with Crippen LogP contribution in [-0.4, -0.2) is 16.7 Å². The normalized spacial score (nSPS) is 10.6. The molecule has 0 aliphatic heterocycles. The zero-order chi connectivity index (χ0) is 16.9. The van der Waals surface area contributed by atoms with Crippen molar-refractivity contribution in [1.82, 2.24) is 9.55 Å². The van der Waals surface area contributed by atoms with Crippen LogP contribution < -0.4 is 9.46 Å². The Morgan fingerprint density at radius 1 is 1.21 bits per heavy atom. The molecule has 124 valence electrons. The summed E-state index contributed by atoms with van der Waals surface area (Å²) in [7, 11) is 1.67. The van der Waals surface area contributed by atoms with Gasteiger partial charge in [-0.1, -0.05) is 23.7 Å². The highest BCUT2D eigenvalue weighted by atomic mass is 35.5. The summed E-state index contributed by atoms with van der Waals surface area (Å²) >= 11 is 7.52. The van der Waals surface area contributed by atoms with Gasteiger partial charge in [-0.05, 0) is 48.7 Å².